The van der Waals surface area contributed by atoms with Crippen LogP contribution in [0.5, 0.6) is 5.75 Å². The SMILES string of the molecule is COc1cc(C)c(NC(=O)C2(CN)CC2)cc1C. The van der Waals surface area contributed by atoms with Crippen LogP contribution in [-0.2, 0) is 4.79 Å². The molecule has 0 unspecified atom stereocenters. The lowest BCUT2D eigenvalue weighted by molar-refractivity contribution is -0.120. The van der Waals surface area contributed by atoms with Crippen molar-refractivity contribution < 1.29 is 9.53 Å². The quantitative estimate of drug-likeness (QED) is 0.856. The smallest absolute Gasteiger partial charge is 0.231 e. The average molecular weight is 248 g/mol. The summed E-state index contributed by atoms with van der Waals surface area (Å²) in [6.45, 7) is 4.34. The van der Waals surface area contributed by atoms with Crippen LogP contribution in [-0.4, -0.2) is 19.6 Å². The van der Waals surface area contributed by atoms with Gasteiger partial charge in [0.05, 0.1) is 12.5 Å². The maximum atomic E-state index is 12.1. The summed E-state index contributed by atoms with van der Waals surface area (Å²) in [5.41, 5.74) is 8.19. The molecule has 1 aromatic rings. The van der Waals surface area contributed by atoms with Crippen molar-refractivity contribution in [2.24, 2.45) is 11.1 Å². The third-order valence-electron chi connectivity index (χ3n) is 3.72. The molecule has 0 spiro atoms. The highest BCUT2D eigenvalue weighted by molar-refractivity contribution is 5.98. The molecule has 0 aliphatic heterocycles. The molecule has 1 fully saturated rings. The maximum absolute atomic E-state index is 12.1. The van der Waals surface area contributed by atoms with E-state index in [9.17, 15) is 4.79 Å². The second-order valence-electron chi connectivity index (χ2n) is 5.08. The van der Waals surface area contributed by atoms with E-state index < -0.39 is 0 Å². The lowest BCUT2D eigenvalue weighted by Gasteiger charge is -2.16. The maximum Gasteiger partial charge on any atom is 0.231 e. The van der Waals surface area contributed by atoms with Crippen LogP contribution in [0.1, 0.15) is 24.0 Å². The van der Waals surface area contributed by atoms with E-state index in [2.05, 4.69) is 5.32 Å². The van der Waals surface area contributed by atoms with Crippen molar-refractivity contribution in [3.8, 4) is 5.75 Å². The molecule has 3 N–H and O–H groups in total. The van der Waals surface area contributed by atoms with Gasteiger partial charge < -0.3 is 15.8 Å². The average Bonchev–Trinajstić information content (AvgIpc) is 3.14. The van der Waals surface area contributed by atoms with Gasteiger partial charge in [0.1, 0.15) is 5.75 Å². The van der Waals surface area contributed by atoms with E-state index in [4.69, 9.17) is 10.5 Å². The molecule has 0 saturated heterocycles. The van der Waals surface area contributed by atoms with E-state index in [1.165, 1.54) is 0 Å². The van der Waals surface area contributed by atoms with E-state index in [1.54, 1.807) is 7.11 Å². The molecule has 0 heterocycles. The lowest BCUT2D eigenvalue weighted by atomic mass is 10.1. The summed E-state index contributed by atoms with van der Waals surface area (Å²) in [7, 11) is 1.65. The van der Waals surface area contributed by atoms with Crippen molar-refractivity contribution in [1.29, 1.82) is 0 Å². The Morgan fingerprint density at radius 1 is 1.39 bits per heavy atom. The van der Waals surface area contributed by atoms with E-state index >= 15 is 0 Å². The predicted molar refractivity (Wildman–Crippen MR) is 71.8 cm³/mol. The van der Waals surface area contributed by atoms with Crippen LogP contribution in [0.15, 0.2) is 12.1 Å². The first-order valence-electron chi connectivity index (χ1n) is 6.19. The fraction of sp³-hybridized carbons (Fsp3) is 0.500. The number of carbonyl (C=O) groups excluding carboxylic acids is 1. The number of nitrogens with two attached hydrogens (primary N) is 1. The van der Waals surface area contributed by atoms with Crippen LogP contribution < -0.4 is 15.8 Å². The first kappa shape index (κ1) is 12.9. The summed E-state index contributed by atoms with van der Waals surface area (Å²) >= 11 is 0. The third-order valence-corrected chi connectivity index (χ3v) is 3.72. The molecule has 0 aromatic heterocycles. The highest BCUT2D eigenvalue weighted by atomic mass is 16.5. The summed E-state index contributed by atoms with van der Waals surface area (Å²) in [5, 5.41) is 2.98. The van der Waals surface area contributed by atoms with Gasteiger partial charge in [0.15, 0.2) is 0 Å². The minimum Gasteiger partial charge on any atom is -0.496 e. The van der Waals surface area contributed by atoms with E-state index in [-0.39, 0.29) is 11.3 Å². The number of rotatable bonds is 4. The molecule has 2 rings (SSSR count). The van der Waals surface area contributed by atoms with E-state index in [0.717, 1.165) is 35.4 Å². The predicted octanol–water partition coefficient (Wildman–Crippen LogP) is 1.99. The minimum atomic E-state index is -0.319. The Morgan fingerprint density at radius 2 is 2.06 bits per heavy atom. The highest BCUT2D eigenvalue weighted by Crippen LogP contribution is 2.45. The number of nitrogens with one attached hydrogen (secondary N) is 1. The normalized spacial score (nSPS) is 16.2. The molecule has 1 saturated carbocycles. The molecule has 0 radical (unpaired) electrons. The Labute approximate surface area is 108 Å². The molecular weight excluding hydrogens is 228 g/mol. The van der Waals surface area contributed by atoms with E-state index in [0.29, 0.717) is 6.54 Å². The number of hydrogen-bond donors (Lipinski definition) is 2. The van der Waals surface area contributed by atoms with Gasteiger partial charge in [0, 0.05) is 12.2 Å². The van der Waals surface area contributed by atoms with Crippen LogP contribution in [0.2, 0.25) is 0 Å². The second kappa shape index (κ2) is 4.61. The molecular formula is C14H20N2O2. The molecule has 1 aliphatic carbocycles. The van der Waals surface area contributed by atoms with E-state index in [1.807, 2.05) is 26.0 Å². The van der Waals surface area contributed by atoms with Crippen LogP contribution in [0.25, 0.3) is 0 Å². The van der Waals surface area contributed by atoms with Gasteiger partial charge in [0.25, 0.3) is 0 Å². The number of anilines is 1. The van der Waals surface area contributed by atoms with Crippen molar-refractivity contribution in [2.75, 3.05) is 19.0 Å². The minimum absolute atomic E-state index is 0.0395. The molecule has 1 aliphatic rings. The fourth-order valence-corrected chi connectivity index (χ4v) is 2.07. The lowest BCUT2D eigenvalue weighted by Crippen LogP contribution is -2.31. The summed E-state index contributed by atoms with van der Waals surface area (Å²) in [4.78, 5) is 12.1. The molecule has 0 atom stereocenters. The van der Waals surface area contributed by atoms with Crippen LogP contribution >= 0.6 is 0 Å². The van der Waals surface area contributed by atoms with Crippen LogP contribution in [0, 0.1) is 19.3 Å². The Hall–Kier alpha value is -1.55. The van der Waals surface area contributed by atoms with Gasteiger partial charge in [-0.3, -0.25) is 4.79 Å². The number of hydrogen-bond acceptors (Lipinski definition) is 3. The molecule has 18 heavy (non-hydrogen) atoms. The summed E-state index contributed by atoms with van der Waals surface area (Å²) in [5.74, 6) is 0.878. The van der Waals surface area contributed by atoms with Crippen molar-refractivity contribution in [3.63, 3.8) is 0 Å². The van der Waals surface area contributed by atoms with Crippen molar-refractivity contribution in [1.82, 2.24) is 0 Å². The summed E-state index contributed by atoms with van der Waals surface area (Å²) in [6.07, 6.45) is 1.78. The standard InChI is InChI=1S/C14H20N2O2/c1-9-7-12(18-3)10(2)6-11(9)16-13(17)14(8-15)4-5-14/h6-7H,4-5,8,15H2,1-3H3,(H,16,17). The number of ether oxygens (including phenoxy) is 1. The summed E-state index contributed by atoms with van der Waals surface area (Å²) < 4.78 is 5.25. The van der Waals surface area contributed by atoms with Crippen LogP contribution in [0.3, 0.4) is 0 Å². The van der Waals surface area contributed by atoms with Gasteiger partial charge in [-0.2, -0.15) is 0 Å². The Kier molecular flexibility index (Phi) is 3.30. The Bertz CT molecular complexity index is 479. The number of methoxy groups -OCH3 is 1. The summed E-state index contributed by atoms with van der Waals surface area (Å²) in [6, 6.07) is 3.88. The fourth-order valence-electron chi connectivity index (χ4n) is 2.07. The zero-order valence-electron chi connectivity index (χ0n) is 11.2. The zero-order chi connectivity index (χ0) is 13.3. The van der Waals surface area contributed by atoms with Crippen molar-refractivity contribution >= 4 is 11.6 Å². The molecule has 4 nitrogen and oxygen atoms in total. The molecule has 1 amide bonds. The van der Waals surface area contributed by atoms with Crippen LogP contribution in [0.4, 0.5) is 5.69 Å². The topological polar surface area (TPSA) is 64.3 Å². The first-order chi connectivity index (χ1) is 8.52. The molecule has 0 bridgehead atoms. The van der Waals surface area contributed by atoms with Gasteiger partial charge in [-0.1, -0.05) is 0 Å². The monoisotopic (exact) mass is 248 g/mol. The first-order valence-corrected chi connectivity index (χ1v) is 6.19. The molecule has 98 valence electrons. The van der Waals surface area contributed by atoms with Gasteiger partial charge >= 0.3 is 0 Å². The highest BCUT2D eigenvalue weighted by Gasteiger charge is 2.48. The Balaban J connectivity index is 2.19. The number of amides is 1. The second-order valence-corrected chi connectivity index (χ2v) is 5.08. The number of aryl methyl sites for hydroxylation is 2. The molecule has 1 aromatic carbocycles. The van der Waals surface area contributed by atoms with Crippen molar-refractivity contribution in [2.45, 2.75) is 26.7 Å². The Morgan fingerprint density at radius 3 is 2.56 bits per heavy atom. The van der Waals surface area contributed by atoms with Gasteiger partial charge in [-0.05, 0) is 49.9 Å². The van der Waals surface area contributed by atoms with Gasteiger partial charge in [0.2, 0.25) is 5.91 Å². The zero-order valence-corrected chi connectivity index (χ0v) is 11.2. The largest absolute Gasteiger partial charge is 0.496 e. The van der Waals surface area contributed by atoms with Crippen molar-refractivity contribution in [3.05, 3.63) is 23.3 Å². The number of carbonyl (C=O) groups is 1. The van der Waals surface area contributed by atoms with Gasteiger partial charge in [-0.25, -0.2) is 0 Å². The third kappa shape index (κ3) is 2.20. The number of benzene rings is 1. The molecule has 4 heteroatoms. The van der Waals surface area contributed by atoms with Gasteiger partial charge in [-0.15, -0.1) is 0 Å².